The van der Waals surface area contributed by atoms with Crippen LogP contribution in [0.4, 0.5) is 0 Å². The summed E-state index contributed by atoms with van der Waals surface area (Å²) in [5, 5.41) is 10.0. The standard InChI is InChI=1S/C26H46O4/c1-19(9-8-14-25(2,3)28)21-12-13-22-23(27)17-20(18-26(21,22)4)10-6-5-7-11-24-29-15-16-30-24/h19-22,24,28H,5-18H2,1-4H3/t19-,20+,21-,22+,26-/m1/s1. The number of ketones is 1. The van der Waals surface area contributed by atoms with Crippen LogP contribution in [0.2, 0.25) is 0 Å². The van der Waals surface area contributed by atoms with Crippen LogP contribution in [0.3, 0.4) is 0 Å². The highest BCUT2D eigenvalue weighted by Gasteiger charge is 2.54. The molecule has 0 spiro atoms. The minimum atomic E-state index is -0.566. The molecule has 0 radical (unpaired) electrons. The number of Topliss-reactive ketones (excluding diaryl/α,β-unsaturated/α-hetero) is 1. The van der Waals surface area contributed by atoms with Crippen LogP contribution >= 0.6 is 0 Å². The number of hydrogen-bond acceptors (Lipinski definition) is 4. The largest absolute Gasteiger partial charge is 0.390 e. The van der Waals surface area contributed by atoms with E-state index in [-0.39, 0.29) is 11.7 Å². The number of unbranched alkanes of at least 4 members (excludes halogenated alkanes) is 2. The molecule has 4 nitrogen and oxygen atoms in total. The van der Waals surface area contributed by atoms with Gasteiger partial charge in [-0.05, 0) is 75.5 Å². The van der Waals surface area contributed by atoms with Crippen molar-refractivity contribution < 1.29 is 19.4 Å². The van der Waals surface area contributed by atoms with Crippen molar-refractivity contribution in [2.24, 2.45) is 29.1 Å². The van der Waals surface area contributed by atoms with Crippen LogP contribution < -0.4 is 0 Å². The Labute approximate surface area is 184 Å². The number of fused-ring (bicyclic) bond motifs is 1. The Kier molecular flexibility index (Phi) is 8.42. The van der Waals surface area contributed by atoms with Crippen LogP contribution in [0.5, 0.6) is 0 Å². The lowest BCUT2D eigenvalue weighted by Crippen LogP contribution is -2.42. The summed E-state index contributed by atoms with van der Waals surface area (Å²) in [5.41, 5.74) is -0.372. The molecule has 0 amide bonds. The van der Waals surface area contributed by atoms with Crippen molar-refractivity contribution in [1.29, 1.82) is 0 Å². The Hall–Kier alpha value is -0.450. The number of aliphatic hydroxyl groups is 1. The molecule has 0 aromatic carbocycles. The van der Waals surface area contributed by atoms with E-state index in [2.05, 4.69) is 13.8 Å². The van der Waals surface area contributed by atoms with Crippen LogP contribution in [0.15, 0.2) is 0 Å². The van der Waals surface area contributed by atoms with E-state index in [9.17, 15) is 9.90 Å². The first-order chi connectivity index (χ1) is 14.2. The van der Waals surface area contributed by atoms with Crippen molar-refractivity contribution in [3.05, 3.63) is 0 Å². The van der Waals surface area contributed by atoms with E-state index in [0.717, 1.165) is 51.7 Å². The summed E-state index contributed by atoms with van der Waals surface area (Å²) in [7, 11) is 0. The minimum Gasteiger partial charge on any atom is -0.390 e. The molecule has 1 N–H and O–H groups in total. The lowest BCUT2D eigenvalue weighted by Gasteiger charge is -2.45. The predicted octanol–water partition coefficient (Wildman–Crippen LogP) is 5.90. The van der Waals surface area contributed by atoms with Gasteiger partial charge in [-0.3, -0.25) is 4.79 Å². The Morgan fingerprint density at radius 1 is 1.10 bits per heavy atom. The predicted molar refractivity (Wildman–Crippen MR) is 120 cm³/mol. The second kappa shape index (κ2) is 10.4. The van der Waals surface area contributed by atoms with Gasteiger partial charge in [0.2, 0.25) is 0 Å². The molecule has 0 bridgehead atoms. The fourth-order valence-corrected chi connectivity index (χ4v) is 6.90. The number of ether oxygens (including phenoxy) is 2. The lowest BCUT2D eigenvalue weighted by atomic mass is 9.58. The van der Waals surface area contributed by atoms with E-state index in [1.807, 2.05) is 13.8 Å². The van der Waals surface area contributed by atoms with Crippen molar-refractivity contribution in [3.8, 4) is 0 Å². The third-order valence-electron chi connectivity index (χ3n) is 8.39. The lowest BCUT2D eigenvalue weighted by molar-refractivity contribution is -0.132. The molecule has 174 valence electrons. The highest BCUT2D eigenvalue weighted by atomic mass is 16.7. The summed E-state index contributed by atoms with van der Waals surface area (Å²) in [4.78, 5) is 13.0. The molecule has 5 atom stereocenters. The first-order valence-electron chi connectivity index (χ1n) is 12.7. The van der Waals surface area contributed by atoms with E-state index in [4.69, 9.17) is 9.47 Å². The van der Waals surface area contributed by atoms with Gasteiger partial charge >= 0.3 is 0 Å². The second-order valence-corrected chi connectivity index (χ2v) is 11.5. The zero-order valence-corrected chi connectivity index (χ0v) is 20.0. The summed E-state index contributed by atoms with van der Waals surface area (Å²) in [6.45, 7) is 10.1. The highest BCUT2D eigenvalue weighted by molar-refractivity contribution is 5.83. The molecule has 0 aromatic heterocycles. The van der Waals surface area contributed by atoms with Crippen LogP contribution in [0.25, 0.3) is 0 Å². The summed E-state index contributed by atoms with van der Waals surface area (Å²) < 4.78 is 11.0. The molecule has 4 heteroatoms. The molecule has 0 aromatic rings. The maximum absolute atomic E-state index is 13.0. The van der Waals surface area contributed by atoms with E-state index in [1.165, 1.54) is 38.5 Å². The fourth-order valence-electron chi connectivity index (χ4n) is 6.90. The number of carbonyl (C=O) groups is 1. The third-order valence-corrected chi connectivity index (χ3v) is 8.39. The van der Waals surface area contributed by atoms with Crippen LogP contribution in [0, 0.1) is 29.1 Å². The number of rotatable bonds is 11. The van der Waals surface area contributed by atoms with Crippen molar-refractivity contribution in [2.75, 3.05) is 13.2 Å². The Morgan fingerprint density at radius 3 is 2.50 bits per heavy atom. The molecular weight excluding hydrogens is 376 g/mol. The maximum Gasteiger partial charge on any atom is 0.157 e. The average Bonchev–Trinajstić information content (AvgIpc) is 3.27. The van der Waals surface area contributed by atoms with Gasteiger partial charge in [-0.15, -0.1) is 0 Å². The van der Waals surface area contributed by atoms with E-state index in [1.54, 1.807) is 0 Å². The molecule has 3 rings (SSSR count). The van der Waals surface area contributed by atoms with Crippen molar-refractivity contribution in [1.82, 2.24) is 0 Å². The quantitative estimate of drug-likeness (QED) is 0.421. The Balaban J connectivity index is 1.46. The summed E-state index contributed by atoms with van der Waals surface area (Å²) >= 11 is 0. The molecule has 0 unspecified atom stereocenters. The zero-order chi connectivity index (χ0) is 21.8. The monoisotopic (exact) mass is 422 g/mol. The molecule has 3 fully saturated rings. The number of carbonyl (C=O) groups excluding carboxylic acids is 1. The van der Waals surface area contributed by atoms with Gasteiger partial charge in [0.05, 0.1) is 18.8 Å². The van der Waals surface area contributed by atoms with Crippen molar-refractivity contribution >= 4 is 5.78 Å². The van der Waals surface area contributed by atoms with E-state index >= 15 is 0 Å². The fraction of sp³-hybridized carbons (Fsp3) is 0.962. The molecule has 1 aliphatic heterocycles. The second-order valence-electron chi connectivity index (χ2n) is 11.5. The molecule has 1 heterocycles. The minimum absolute atomic E-state index is 0.0260. The first kappa shape index (κ1) is 24.2. The first-order valence-corrected chi connectivity index (χ1v) is 12.7. The highest BCUT2D eigenvalue weighted by Crippen LogP contribution is 2.58. The maximum atomic E-state index is 13.0. The Morgan fingerprint density at radius 2 is 1.80 bits per heavy atom. The summed E-state index contributed by atoms with van der Waals surface area (Å²) in [5.74, 6) is 2.72. The van der Waals surface area contributed by atoms with Crippen LogP contribution in [-0.4, -0.2) is 36.0 Å². The van der Waals surface area contributed by atoms with Gasteiger partial charge in [-0.1, -0.05) is 46.0 Å². The van der Waals surface area contributed by atoms with Gasteiger partial charge in [-0.2, -0.15) is 0 Å². The molecular formula is C26H46O4. The van der Waals surface area contributed by atoms with Crippen LogP contribution in [-0.2, 0) is 14.3 Å². The molecule has 2 saturated carbocycles. The van der Waals surface area contributed by atoms with E-state index in [0.29, 0.717) is 29.5 Å². The summed E-state index contributed by atoms with van der Waals surface area (Å²) in [6, 6.07) is 0. The van der Waals surface area contributed by atoms with Gasteiger partial charge in [0.25, 0.3) is 0 Å². The normalized spacial score (nSPS) is 33.8. The van der Waals surface area contributed by atoms with Gasteiger partial charge in [0, 0.05) is 12.3 Å². The van der Waals surface area contributed by atoms with E-state index < -0.39 is 5.60 Å². The molecule has 1 saturated heterocycles. The Bertz CT molecular complexity index is 548. The number of hydrogen-bond donors (Lipinski definition) is 1. The summed E-state index contributed by atoms with van der Waals surface area (Å²) in [6.07, 6.45) is 13.3. The third kappa shape index (κ3) is 6.29. The van der Waals surface area contributed by atoms with Crippen LogP contribution in [0.1, 0.15) is 105 Å². The molecule has 30 heavy (non-hydrogen) atoms. The SMILES string of the molecule is C[C@H](CCCC(C)(C)O)[C@H]1CC[C@H]2C(=O)C[C@H](CCCCCC3OCCO3)C[C@]12C. The smallest absolute Gasteiger partial charge is 0.157 e. The van der Waals surface area contributed by atoms with Crippen molar-refractivity contribution in [3.63, 3.8) is 0 Å². The van der Waals surface area contributed by atoms with Gasteiger partial charge in [-0.25, -0.2) is 0 Å². The van der Waals surface area contributed by atoms with Gasteiger partial charge in [0.15, 0.2) is 6.29 Å². The van der Waals surface area contributed by atoms with Gasteiger partial charge < -0.3 is 14.6 Å². The zero-order valence-electron chi connectivity index (χ0n) is 20.0. The molecule has 2 aliphatic carbocycles. The molecule has 3 aliphatic rings. The topological polar surface area (TPSA) is 55.8 Å². The average molecular weight is 423 g/mol. The van der Waals surface area contributed by atoms with Gasteiger partial charge in [0.1, 0.15) is 5.78 Å². The van der Waals surface area contributed by atoms with Crippen molar-refractivity contribution in [2.45, 2.75) is 117 Å².